The lowest BCUT2D eigenvalue weighted by atomic mass is 9.97. The summed E-state index contributed by atoms with van der Waals surface area (Å²) < 4.78 is 1.95. The van der Waals surface area contributed by atoms with E-state index in [0.29, 0.717) is 0 Å². The van der Waals surface area contributed by atoms with Crippen LogP contribution in [0.5, 0.6) is 0 Å². The molecule has 1 aliphatic rings. The SMILES string of the molecule is Clc1ccc([C@H]2C[C@@H](c3cccs3)Nc3ncnn32)cc1. The van der Waals surface area contributed by atoms with Crippen LogP contribution < -0.4 is 5.32 Å². The highest BCUT2D eigenvalue weighted by Crippen LogP contribution is 2.38. The van der Waals surface area contributed by atoms with E-state index in [4.69, 9.17) is 11.6 Å². The maximum atomic E-state index is 5.99. The maximum Gasteiger partial charge on any atom is 0.222 e. The standard InChI is InChI=1S/C15H13ClN4S/c16-11-5-3-10(4-6-11)13-8-12(14-2-1-7-21-14)19-15-17-9-18-20(13)15/h1-7,9,12-13H,8H2,(H,17,18,19)/t12-,13+/m0/s1. The summed E-state index contributed by atoms with van der Waals surface area (Å²) in [4.78, 5) is 5.65. The second-order valence-corrected chi connectivity index (χ2v) is 6.46. The van der Waals surface area contributed by atoms with Crippen molar-refractivity contribution >= 4 is 28.9 Å². The summed E-state index contributed by atoms with van der Waals surface area (Å²) >= 11 is 7.76. The fourth-order valence-corrected chi connectivity index (χ4v) is 3.68. The molecule has 1 aliphatic heterocycles. The van der Waals surface area contributed by atoms with E-state index in [9.17, 15) is 0 Å². The van der Waals surface area contributed by atoms with Gasteiger partial charge in [-0.2, -0.15) is 10.1 Å². The Hall–Kier alpha value is -1.85. The minimum atomic E-state index is 0.174. The lowest BCUT2D eigenvalue weighted by Crippen LogP contribution is -2.27. The van der Waals surface area contributed by atoms with Crippen LogP contribution >= 0.6 is 22.9 Å². The molecule has 4 nitrogen and oxygen atoms in total. The summed E-state index contributed by atoms with van der Waals surface area (Å²) in [7, 11) is 0. The molecule has 1 aromatic carbocycles. The van der Waals surface area contributed by atoms with Gasteiger partial charge >= 0.3 is 0 Å². The molecule has 0 radical (unpaired) electrons. The largest absolute Gasteiger partial charge is 0.347 e. The average molecular weight is 317 g/mol. The Kier molecular flexibility index (Phi) is 3.16. The van der Waals surface area contributed by atoms with Gasteiger partial charge in [-0.05, 0) is 35.6 Å². The highest BCUT2D eigenvalue weighted by atomic mass is 35.5. The van der Waals surface area contributed by atoms with Crippen LogP contribution in [0.4, 0.5) is 5.95 Å². The Balaban J connectivity index is 1.74. The molecule has 4 rings (SSSR count). The number of rotatable bonds is 2. The van der Waals surface area contributed by atoms with Gasteiger partial charge in [0.1, 0.15) is 6.33 Å². The quantitative estimate of drug-likeness (QED) is 0.772. The van der Waals surface area contributed by atoms with Crippen molar-refractivity contribution in [2.24, 2.45) is 0 Å². The molecule has 0 spiro atoms. The zero-order valence-corrected chi connectivity index (χ0v) is 12.7. The third kappa shape index (κ3) is 2.32. The fourth-order valence-electron chi connectivity index (χ4n) is 2.76. The third-order valence-electron chi connectivity index (χ3n) is 3.77. The van der Waals surface area contributed by atoms with Gasteiger partial charge in [0, 0.05) is 9.90 Å². The summed E-state index contributed by atoms with van der Waals surface area (Å²) in [5.74, 6) is 0.819. The van der Waals surface area contributed by atoms with Crippen molar-refractivity contribution in [2.45, 2.75) is 18.5 Å². The number of halogens is 1. The van der Waals surface area contributed by atoms with Crippen LogP contribution in [0.15, 0.2) is 48.1 Å². The molecule has 0 fully saturated rings. The third-order valence-corrected chi connectivity index (χ3v) is 5.01. The molecule has 21 heavy (non-hydrogen) atoms. The number of hydrogen-bond donors (Lipinski definition) is 1. The smallest absolute Gasteiger partial charge is 0.222 e. The molecule has 106 valence electrons. The van der Waals surface area contributed by atoms with Crippen molar-refractivity contribution in [1.82, 2.24) is 14.8 Å². The molecule has 3 heterocycles. The zero-order valence-electron chi connectivity index (χ0n) is 11.1. The number of nitrogens with zero attached hydrogens (tertiary/aromatic N) is 3. The number of hydrogen-bond acceptors (Lipinski definition) is 4. The summed E-state index contributed by atoms with van der Waals surface area (Å²) in [6.45, 7) is 0. The van der Waals surface area contributed by atoms with Gasteiger partial charge in [0.25, 0.3) is 0 Å². The summed E-state index contributed by atoms with van der Waals surface area (Å²) in [6.07, 6.45) is 2.54. The Bertz CT molecular complexity index is 735. The van der Waals surface area contributed by atoms with Crippen molar-refractivity contribution in [3.05, 3.63) is 63.6 Å². The van der Waals surface area contributed by atoms with Gasteiger partial charge < -0.3 is 5.32 Å². The first kappa shape index (κ1) is 12.9. The van der Waals surface area contributed by atoms with Crippen molar-refractivity contribution in [3.63, 3.8) is 0 Å². The molecule has 0 aliphatic carbocycles. The lowest BCUT2D eigenvalue weighted by molar-refractivity contribution is 0.433. The first-order valence-corrected chi connectivity index (χ1v) is 8.02. The second kappa shape index (κ2) is 5.16. The molecule has 1 N–H and O–H groups in total. The van der Waals surface area contributed by atoms with Gasteiger partial charge in [-0.3, -0.25) is 0 Å². The average Bonchev–Trinajstić information content (AvgIpc) is 3.18. The molecular weight excluding hydrogens is 304 g/mol. The maximum absolute atomic E-state index is 5.99. The van der Waals surface area contributed by atoms with Crippen molar-refractivity contribution in [3.8, 4) is 0 Å². The molecule has 0 amide bonds. The van der Waals surface area contributed by atoms with E-state index in [1.54, 1.807) is 17.7 Å². The minimum absolute atomic E-state index is 0.174. The molecule has 0 bridgehead atoms. The number of fused-ring (bicyclic) bond motifs is 1. The monoisotopic (exact) mass is 316 g/mol. The number of aromatic nitrogens is 3. The Labute approximate surface area is 131 Å². The van der Waals surface area contributed by atoms with Crippen molar-refractivity contribution in [1.29, 1.82) is 0 Å². The lowest BCUT2D eigenvalue weighted by Gasteiger charge is -2.31. The molecule has 2 aromatic heterocycles. The minimum Gasteiger partial charge on any atom is -0.347 e. The molecule has 0 saturated carbocycles. The predicted octanol–water partition coefficient (Wildman–Crippen LogP) is 4.14. The molecule has 2 atom stereocenters. The van der Waals surface area contributed by atoms with E-state index in [1.165, 1.54) is 10.4 Å². The number of benzene rings is 1. The van der Waals surface area contributed by atoms with Gasteiger partial charge in [-0.15, -0.1) is 11.3 Å². The number of anilines is 1. The molecule has 3 aromatic rings. The van der Waals surface area contributed by atoms with E-state index in [1.807, 2.05) is 16.8 Å². The summed E-state index contributed by atoms with van der Waals surface area (Å²) in [5, 5.41) is 10.7. The second-order valence-electron chi connectivity index (χ2n) is 5.04. The Morgan fingerprint density at radius 3 is 2.86 bits per heavy atom. The first-order chi connectivity index (χ1) is 10.3. The highest BCUT2D eigenvalue weighted by Gasteiger charge is 2.30. The molecular formula is C15H13ClN4S. The first-order valence-electron chi connectivity index (χ1n) is 6.76. The number of thiophene rings is 1. The van der Waals surface area contributed by atoms with E-state index >= 15 is 0 Å². The van der Waals surface area contributed by atoms with Crippen LogP contribution in [0.2, 0.25) is 5.02 Å². The van der Waals surface area contributed by atoms with Gasteiger partial charge in [0.2, 0.25) is 5.95 Å². The topological polar surface area (TPSA) is 42.7 Å². The van der Waals surface area contributed by atoms with Crippen LogP contribution in [-0.2, 0) is 0 Å². The van der Waals surface area contributed by atoms with Crippen LogP contribution in [0.1, 0.15) is 28.9 Å². The van der Waals surface area contributed by atoms with Crippen LogP contribution in [-0.4, -0.2) is 14.8 Å². The predicted molar refractivity (Wildman–Crippen MR) is 84.9 cm³/mol. The fraction of sp³-hybridized carbons (Fsp3) is 0.200. The molecule has 6 heteroatoms. The summed E-state index contributed by atoms with van der Waals surface area (Å²) in [5.41, 5.74) is 1.20. The summed E-state index contributed by atoms with van der Waals surface area (Å²) in [6, 6.07) is 12.7. The van der Waals surface area contributed by atoms with E-state index < -0.39 is 0 Å². The van der Waals surface area contributed by atoms with Crippen LogP contribution in [0.25, 0.3) is 0 Å². The Morgan fingerprint density at radius 1 is 1.24 bits per heavy atom. The van der Waals surface area contributed by atoms with Crippen molar-refractivity contribution < 1.29 is 0 Å². The highest BCUT2D eigenvalue weighted by molar-refractivity contribution is 7.10. The van der Waals surface area contributed by atoms with Gasteiger partial charge in [0.05, 0.1) is 12.1 Å². The Morgan fingerprint density at radius 2 is 2.10 bits per heavy atom. The van der Waals surface area contributed by atoms with Crippen LogP contribution in [0, 0.1) is 0 Å². The molecule has 0 unspecified atom stereocenters. The van der Waals surface area contributed by atoms with Gasteiger partial charge in [-0.25, -0.2) is 4.68 Å². The van der Waals surface area contributed by atoms with E-state index in [0.717, 1.165) is 17.4 Å². The normalized spacial score (nSPS) is 20.8. The van der Waals surface area contributed by atoms with Crippen LogP contribution in [0.3, 0.4) is 0 Å². The van der Waals surface area contributed by atoms with Gasteiger partial charge in [0.15, 0.2) is 0 Å². The molecule has 0 saturated heterocycles. The van der Waals surface area contributed by atoms with Crippen molar-refractivity contribution in [2.75, 3.05) is 5.32 Å². The van der Waals surface area contributed by atoms with Gasteiger partial charge in [-0.1, -0.05) is 29.8 Å². The zero-order chi connectivity index (χ0) is 14.2. The van der Waals surface area contributed by atoms with E-state index in [-0.39, 0.29) is 12.1 Å². The number of nitrogens with one attached hydrogen (secondary N) is 1. The van der Waals surface area contributed by atoms with E-state index in [2.05, 4.69) is 45.0 Å².